The van der Waals surface area contributed by atoms with Gasteiger partial charge in [-0.25, -0.2) is 4.39 Å². The Bertz CT molecular complexity index is 935. The number of halogens is 1. The molecule has 0 saturated carbocycles. The van der Waals surface area contributed by atoms with Crippen LogP contribution in [0.25, 0.3) is 22.5 Å². The second kappa shape index (κ2) is 8.31. The fourth-order valence-corrected chi connectivity index (χ4v) is 3.28. The van der Waals surface area contributed by atoms with Crippen LogP contribution in [0.1, 0.15) is 12.8 Å². The Morgan fingerprint density at radius 2 is 2.11 bits per heavy atom. The number of amides is 1. The van der Waals surface area contributed by atoms with Gasteiger partial charge in [0.1, 0.15) is 11.9 Å². The topological polar surface area (TPSA) is 69.0 Å². The first-order valence-electron chi connectivity index (χ1n) is 9.34. The van der Waals surface area contributed by atoms with Crippen molar-refractivity contribution < 1.29 is 13.9 Å². The van der Waals surface area contributed by atoms with Gasteiger partial charge in [0.15, 0.2) is 0 Å². The van der Waals surface area contributed by atoms with Gasteiger partial charge >= 0.3 is 0 Å². The highest BCUT2D eigenvalue weighted by Gasteiger charge is 2.23. The highest BCUT2D eigenvalue weighted by atomic mass is 19.1. The number of nitrogens with one attached hydrogen (secondary N) is 1. The van der Waals surface area contributed by atoms with Crippen LogP contribution in [-0.2, 0) is 16.1 Å². The van der Waals surface area contributed by atoms with Gasteiger partial charge in [0, 0.05) is 36.7 Å². The van der Waals surface area contributed by atoms with Gasteiger partial charge in [0.05, 0.1) is 17.9 Å². The van der Waals surface area contributed by atoms with Gasteiger partial charge in [0.2, 0.25) is 5.91 Å². The quantitative estimate of drug-likeness (QED) is 0.714. The number of nitrogens with zero attached hydrogens (tertiary/aromatic N) is 3. The highest BCUT2D eigenvalue weighted by molar-refractivity contribution is 5.80. The van der Waals surface area contributed by atoms with Crippen molar-refractivity contribution in [3.05, 3.63) is 60.7 Å². The summed E-state index contributed by atoms with van der Waals surface area (Å²) in [5.74, 6) is -0.362. The average molecular weight is 380 g/mol. The molecule has 1 fully saturated rings. The molecule has 6 nitrogen and oxygen atoms in total. The van der Waals surface area contributed by atoms with E-state index in [2.05, 4.69) is 15.4 Å². The molecule has 2 aromatic heterocycles. The predicted octanol–water partition coefficient (Wildman–Crippen LogP) is 3.05. The van der Waals surface area contributed by atoms with E-state index in [0.717, 1.165) is 35.4 Å². The Morgan fingerprint density at radius 1 is 1.25 bits per heavy atom. The van der Waals surface area contributed by atoms with Crippen LogP contribution in [0.4, 0.5) is 4.39 Å². The number of carbonyl (C=O) groups excluding carboxylic acids is 1. The lowest BCUT2D eigenvalue weighted by Crippen LogP contribution is -2.36. The van der Waals surface area contributed by atoms with Crippen LogP contribution < -0.4 is 5.32 Å². The van der Waals surface area contributed by atoms with E-state index in [9.17, 15) is 9.18 Å². The van der Waals surface area contributed by atoms with Crippen LogP contribution in [-0.4, -0.2) is 39.9 Å². The minimum Gasteiger partial charge on any atom is -0.368 e. The number of rotatable bonds is 6. The van der Waals surface area contributed by atoms with Crippen LogP contribution in [0.3, 0.4) is 0 Å². The Morgan fingerprint density at radius 3 is 2.82 bits per heavy atom. The molecule has 4 rings (SSSR count). The molecule has 0 bridgehead atoms. The maximum atomic E-state index is 13.2. The van der Waals surface area contributed by atoms with Crippen molar-refractivity contribution in [2.24, 2.45) is 0 Å². The third kappa shape index (κ3) is 4.09. The zero-order valence-corrected chi connectivity index (χ0v) is 15.3. The van der Waals surface area contributed by atoms with Gasteiger partial charge < -0.3 is 10.1 Å². The van der Waals surface area contributed by atoms with Crippen LogP contribution in [0, 0.1) is 5.82 Å². The standard InChI is InChI=1S/C21H21FN4O2/c22-17-7-5-15(6-8-17)18-13-19(16-3-1-9-23-14-16)26(25-18)11-10-24-21(27)20-4-2-12-28-20/h1,3,5-9,13-14,20H,2,4,10-12H2,(H,24,27)/t20-/m0/s1. The molecule has 1 N–H and O–H groups in total. The lowest BCUT2D eigenvalue weighted by atomic mass is 10.1. The molecule has 1 aliphatic rings. The van der Waals surface area contributed by atoms with Gasteiger partial charge in [-0.3, -0.25) is 14.5 Å². The van der Waals surface area contributed by atoms with Crippen molar-refractivity contribution in [3.8, 4) is 22.5 Å². The van der Waals surface area contributed by atoms with Crippen molar-refractivity contribution in [3.63, 3.8) is 0 Å². The molecule has 3 aromatic rings. The Labute approximate surface area is 162 Å². The normalized spacial score (nSPS) is 16.2. The smallest absolute Gasteiger partial charge is 0.249 e. The molecule has 1 saturated heterocycles. The first-order valence-corrected chi connectivity index (χ1v) is 9.34. The van der Waals surface area contributed by atoms with E-state index >= 15 is 0 Å². The number of benzene rings is 1. The molecule has 28 heavy (non-hydrogen) atoms. The van der Waals surface area contributed by atoms with E-state index < -0.39 is 0 Å². The van der Waals surface area contributed by atoms with E-state index in [1.807, 2.05) is 22.9 Å². The molecular weight excluding hydrogens is 359 g/mol. The summed E-state index contributed by atoms with van der Waals surface area (Å²) in [5.41, 5.74) is 3.38. The van der Waals surface area contributed by atoms with Crippen LogP contribution in [0.5, 0.6) is 0 Å². The van der Waals surface area contributed by atoms with Crippen LogP contribution in [0.2, 0.25) is 0 Å². The van der Waals surface area contributed by atoms with Gasteiger partial charge in [-0.1, -0.05) is 0 Å². The van der Waals surface area contributed by atoms with Gasteiger partial charge in [-0.05, 0) is 55.3 Å². The van der Waals surface area contributed by atoms with Crippen LogP contribution >= 0.6 is 0 Å². The number of ether oxygens (including phenoxy) is 1. The van der Waals surface area contributed by atoms with E-state index in [4.69, 9.17) is 4.74 Å². The first kappa shape index (κ1) is 18.3. The van der Waals surface area contributed by atoms with Crippen molar-refractivity contribution in [1.82, 2.24) is 20.1 Å². The minimum atomic E-state index is -0.342. The fraction of sp³-hybridized carbons (Fsp3) is 0.286. The molecule has 1 atom stereocenters. The summed E-state index contributed by atoms with van der Waals surface area (Å²) in [7, 11) is 0. The predicted molar refractivity (Wildman–Crippen MR) is 103 cm³/mol. The van der Waals surface area contributed by atoms with E-state index in [0.29, 0.717) is 19.7 Å². The fourth-order valence-electron chi connectivity index (χ4n) is 3.28. The van der Waals surface area contributed by atoms with Gasteiger partial charge in [0.25, 0.3) is 0 Å². The number of carbonyl (C=O) groups is 1. The summed E-state index contributed by atoms with van der Waals surface area (Å²) >= 11 is 0. The molecule has 144 valence electrons. The molecule has 1 aromatic carbocycles. The second-order valence-corrected chi connectivity index (χ2v) is 6.68. The Kier molecular flexibility index (Phi) is 5.43. The largest absolute Gasteiger partial charge is 0.368 e. The van der Waals surface area contributed by atoms with E-state index in [-0.39, 0.29) is 17.8 Å². The number of hydrogen-bond acceptors (Lipinski definition) is 4. The van der Waals surface area contributed by atoms with E-state index in [1.165, 1.54) is 12.1 Å². The summed E-state index contributed by atoms with van der Waals surface area (Å²) in [4.78, 5) is 16.3. The summed E-state index contributed by atoms with van der Waals surface area (Å²) in [5, 5.41) is 7.58. The maximum absolute atomic E-state index is 13.2. The lowest BCUT2D eigenvalue weighted by Gasteiger charge is -2.11. The zero-order valence-electron chi connectivity index (χ0n) is 15.3. The van der Waals surface area contributed by atoms with Gasteiger partial charge in [-0.15, -0.1) is 0 Å². The third-order valence-corrected chi connectivity index (χ3v) is 4.72. The molecule has 0 aliphatic carbocycles. The maximum Gasteiger partial charge on any atom is 0.249 e. The molecule has 7 heteroatoms. The monoisotopic (exact) mass is 380 g/mol. The molecule has 0 spiro atoms. The number of aromatic nitrogens is 3. The molecular formula is C21H21FN4O2. The van der Waals surface area contributed by atoms with Crippen molar-refractivity contribution in [2.45, 2.75) is 25.5 Å². The number of hydrogen-bond donors (Lipinski definition) is 1. The second-order valence-electron chi connectivity index (χ2n) is 6.68. The van der Waals surface area contributed by atoms with Crippen molar-refractivity contribution >= 4 is 5.91 Å². The highest BCUT2D eigenvalue weighted by Crippen LogP contribution is 2.26. The SMILES string of the molecule is O=C(NCCn1nc(-c2ccc(F)cc2)cc1-c1cccnc1)[C@@H]1CCCO1. The van der Waals surface area contributed by atoms with Gasteiger partial charge in [-0.2, -0.15) is 5.10 Å². The summed E-state index contributed by atoms with van der Waals surface area (Å²) in [6.07, 6.45) is 4.83. The molecule has 0 unspecified atom stereocenters. The molecule has 3 heterocycles. The number of pyridine rings is 1. The Balaban J connectivity index is 1.54. The summed E-state index contributed by atoms with van der Waals surface area (Å²) in [6, 6.07) is 12.0. The first-order chi connectivity index (χ1) is 13.7. The van der Waals surface area contributed by atoms with Crippen molar-refractivity contribution in [2.75, 3.05) is 13.2 Å². The lowest BCUT2D eigenvalue weighted by molar-refractivity contribution is -0.130. The molecule has 1 aliphatic heterocycles. The Hall–Kier alpha value is -3.06. The van der Waals surface area contributed by atoms with Crippen molar-refractivity contribution in [1.29, 1.82) is 0 Å². The zero-order chi connectivity index (χ0) is 19.3. The molecule has 1 amide bonds. The minimum absolute atomic E-state index is 0.0775. The van der Waals surface area contributed by atoms with E-state index in [1.54, 1.807) is 24.5 Å². The molecule has 0 radical (unpaired) electrons. The van der Waals surface area contributed by atoms with Crippen LogP contribution in [0.15, 0.2) is 54.9 Å². The average Bonchev–Trinajstić information content (AvgIpc) is 3.40. The summed E-state index contributed by atoms with van der Waals surface area (Å²) in [6.45, 7) is 1.59. The third-order valence-electron chi connectivity index (χ3n) is 4.72. The summed E-state index contributed by atoms with van der Waals surface area (Å²) < 4.78 is 20.5.